The molecule has 5 nitrogen and oxygen atoms in total. The van der Waals surface area contributed by atoms with Gasteiger partial charge < -0.3 is 10.1 Å². The number of anilines is 1. The molecule has 3 aromatic heterocycles. The third kappa shape index (κ3) is 3.81. The van der Waals surface area contributed by atoms with E-state index in [2.05, 4.69) is 33.3 Å². The Kier molecular flexibility index (Phi) is 4.75. The molecule has 26 heavy (non-hydrogen) atoms. The van der Waals surface area contributed by atoms with Crippen molar-refractivity contribution in [3.05, 3.63) is 77.1 Å². The van der Waals surface area contributed by atoms with Crippen molar-refractivity contribution < 1.29 is 4.74 Å². The maximum absolute atomic E-state index is 5.80. The monoisotopic (exact) mass is 362 g/mol. The van der Waals surface area contributed by atoms with Gasteiger partial charge >= 0.3 is 0 Å². The number of nitrogens with one attached hydrogen (secondary N) is 1. The molecule has 6 heteroatoms. The van der Waals surface area contributed by atoms with Crippen LogP contribution in [0.25, 0.3) is 10.2 Å². The minimum atomic E-state index is 0.505. The summed E-state index contributed by atoms with van der Waals surface area (Å²) in [6, 6.07) is 16.1. The van der Waals surface area contributed by atoms with Crippen molar-refractivity contribution in [1.82, 2.24) is 15.0 Å². The Hall–Kier alpha value is -2.99. The fourth-order valence-corrected chi connectivity index (χ4v) is 3.52. The molecular formula is C20H18N4OS. The van der Waals surface area contributed by atoms with Gasteiger partial charge in [0.25, 0.3) is 0 Å². The summed E-state index contributed by atoms with van der Waals surface area (Å²) in [5, 5.41) is 4.45. The molecular weight excluding hydrogens is 344 g/mol. The SMILES string of the molecule is Cc1cc2c(NCc3ccnc(OCc4ccccc4)c3)ncnc2s1. The van der Waals surface area contributed by atoms with Crippen LogP contribution < -0.4 is 10.1 Å². The second-order valence-electron chi connectivity index (χ2n) is 5.93. The first-order valence-electron chi connectivity index (χ1n) is 8.34. The summed E-state index contributed by atoms with van der Waals surface area (Å²) in [5.41, 5.74) is 2.20. The molecule has 1 aromatic carbocycles. The van der Waals surface area contributed by atoms with E-state index in [4.69, 9.17) is 4.74 Å². The van der Waals surface area contributed by atoms with E-state index in [9.17, 15) is 0 Å². The highest BCUT2D eigenvalue weighted by molar-refractivity contribution is 7.18. The standard InChI is InChI=1S/C20H18N4OS/c1-14-9-17-19(23-13-24-20(17)26-14)22-11-16-7-8-21-18(10-16)25-12-15-5-3-2-4-6-15/h2-10,13H,11-12H2,1H3,(H,22,23,24). The summed E-state index contributed by atoms with van der Waals surface area (Å²) in [4.78, 5) is 15.2. The number of ether oxygens (including phenoxy) is 1. The third-order valence-corrected chi connectivity index (χ3v) is 4.90. The first kappa shape index (κ1) is 16.5. The summed E-state index contributed by atoms with van der Waals surface area (Å²) < 4.78 is 5.80. The third-order valence-electron chi connectivity index (χ3n) is 3.94. The Morgan fingerprint density at radius 2 is 1.88 bits per heavy atom. The van der Waals surface area contributed by atoms with Gasteiger partial charge in [0.2, 0.25) is 5.88 Å². The minimum absolute atomic E-state index is 0.505. The zero-order valence-electron chi connectivity index (χ0n) is 14.3. The summed E-state index contributed by atoms with van der Waals surface area (Å²) >= 11 is 1.67. The van der Waals surface area contributed by atoms with Crippen molar-refractivity contribution >= 4 is 27.4 Å². The summed E-state index contributed by atoms with van der Waals surface area (Å²) in [5.74, 6) is 1.47. The van der Waals surface area contributed by atoms with E-state index in [1.165, 1.54) is 4.88 Å². The second-order valence-corrected chi connectivity index (χ2v) is 7.16. The van der Waals surface area contributed by atoms with Gasteiger partial charge in [-0.3, -0.25) is 0 Å². The van der Waals surface area contributed by atoms with Crippen LogP contribution in [0.15, 0.2) is 61.1 Å². The number of pyridine rings is 1. The minimum Gasteiger partial charge on any atom is -0.473 e. The molecule has 130 valence electrons. The van der Waals surface area contributed by atoms with E-state index in [-0.39, 0.29) is 0 Å². The van der Waals surface area contributed by atoms with Crippen molar-refractivity contribution in [3.63, 3.8) is 0 Å². The Morgan fingerprint density at radius 1 is 1.00 bits per heavy atom. The van der Waals surface area contributed by atoms with Crippen LogP contribution in [-0.4, -0.2) is 15.0 Å². The van der Waals surface area contributed by atoms with Crippen molar-refractivity contribution in [2.24, 2.45) is 0 Å². The van der Waals surface area contributed by atoms with Crippen LogP contribution in [0.2, 0.25) is 0 Å². The predicted octanol–water partition coefficient (Wildman–Crippen LogP) is 4.59. The van der Waals surface area contributed by atoms with Crippen LogP contribution in [0.4, 0.5) is 5.82 Å². The maximum atomic E-state index is 5.80. The van der Waals surface area contributed by atoms with Crippen LogP contribution in [0.3, 0.4) is 0 Å². The molecule has 0 fully saturated rings. The molecule has 0 aliphatic heterocycles. The van der Waals surface area contributed by atoms with Crippen molar-refractivity contribution in [2.75, 3.05) is 5.32 Å². The number of thiophene rings is 1. The lowest BCUT2D eigenvalue weighted by Gasteiger charge is -2.09. The Morgan fingerprint density at radius 3 is 2.77 bits per heavy atom. The van der Waals surface area contributed by atoms with E-state index >= 15 is 0 Å². The molecule has 4 aromatic rings. The fraction of sp³-hybridized carbons (Fsp3) is 0.150. The lowest BCUT2D eigenvalue weighted by atomic mass is 10.2. The zero-order chi connectivity index (χ0) is 17.8. The molecule has 0 aliphatic rings. The van der Waals surface area contributed by atoms with Gasteiger partial charge in [-0.25, -0.2) is 15.0 Å². The van der Waals surface area contributed by atoms with Gasteiger partial charge in [-0.1, -0.05) is 30.3 Å². The van der Waals surface area contributed by atoms with Crippen molar-refractivity contribution in [1.29, 1.82) is 0 Å². The number of fused-ring (bicyclic) bond motifs is 1. The highest BCUT2D eigenvalue weighted by Crippen LogP contribution is 2.27. The number of hydrogen-bond donors (Lipinski definition) is 1. The Labute approximate surface area is 155 Å². The average molecular weight is 362 g/mol. The summed E-state index contributed by atoms with van der Waals surface area (Å²) in [6.45, 7) is 3.23. The van der Waals surface area contributed by atoms with Crippen LogP contribution >= 0.6 is 11.3 Å². The molecule has 3 heterocycles. The molecule has 0 spiro atoms. The Bertz CT molecular complexity index is 1020. The van der Waals surface area contributed by atoms with Gasteiger partial charge in [0.15, 0.2) is 0 Å². The number of rotatable bonds is 6. The van der Waals surface area contributed by atoms with Crippen LogP contribution in [0.5, 0.6) is 5.88 Å². The van der Waals surface area contributed by atoms with E-state index in [1.807, 2.05) is 42.5 Å². The van der Waals surface area contributed by atoms with Gasteiger partial charge in [-0.2, -0.15) is 0 Å². The molecule has 0 aliphatic carbocycles. The number of hydrogen-bond acceptors (Lipinski definition) is 6. The molecule has 0 saturated heterocycles. The number of benzene rings is 1. The van der Waals surface area contributed by atoms with E-state index in [0.29, 0.717) is 19.0 Å². The van der Waals surface area contributed by atoms with E-state index in [1.54, 1.807) is 23.9 Å². The van der Waals surface area contributed by atoms with Crippen LogP contribution in [-0.2, 0) is 13.2 Å². The van der Waals surface area contributed by atoms with Gasteiger partial charge in [0, 0.05) is 23.7 Å². The molecule has 1 N–H and O–H groups in total. The number of aromatic nitrogens is 3. The average Bonchev–Trinajstić information content (AvgIpc) is 3.07. The van der Waals surface area contributed by atoms with Gasteiger partial charge in [0.1, 0.15) is 23.6 Å². The van der Waals surface area contributed by atoms with Crippen molar-refractivity contribution in [3.8, 4) is 5.88 Å². The largest absolute Gasteiger partial charge is 0.473 e. The summed E-state index contributed by atoms with van der Waals surface area (Å²) in [7, 11) is 0. The van der Waals surface area contributed by atoms with E-state index < -0.39 is 0 Å². The molecule has 0 amide bonds. The summed E-state index contributed by atoms with van der Waals surface area (Å²) in [6.07, 6.45) is 3.36. The first-order chi connectivity index (χ1) is 12.8. The lowest BCUT2D eigenvalue weighted by molar-refractivity contribution is 0.293. The topological polar surface area (TPSA) is 59.9 Å². The quantitative estimate of drug-likeness (QED) is 0.544. The highest BCUT2D eigenvalue weighted by Gasteiger charge is 2.07. The normalized spacial score (nSPS) is 10.8. The van der Waals surface area contributed by atoms with Crippen LogP contribution in [0.1, 0.15) is 16.0 Å². The first-order valence-corrected chi connectivity index (χ1v) is 9.16. The zero-order valence-corrected chi connectivity index (χ0v) is 15.2. The second kappa shape index (κ2) is 7.49. The molecule has 0 saturated carbocycles. The predicted molar refractivity (Wildman–Crippen MR) is 104 cm³/mol. The van der Waals surface area contributed by atoms with E-state index in [0.717, 1.165) is 27.2 Å². The number of nitrogens with zero attached hydrogens (tertiary/aromatic N) is 3. The van der Waals surface area contributed by atoms with Crippen molar-refractivity contribution in [2.45, 2.75) is 20.1 Å². The lowest BCUT2D eigenvalue weighted by Crippen LogP contribution is -2.03. The molecule has 0 unspecified atom stereocenters. The molecule has 0 bridgehead atoms. The van der Waals surface area contributed by atoms with Gasteiger partial charge in [0.05, 0.1) is 5.39 Å². The molecule has 0 radical (unpaired) electrons. The number of aryl methyl sites for hydroxylation is 1. The van der Waals surface area contributed by atoms with Crippen LogP contribution in [0, 0.1) is 6.92 Å². The van der Waals surface area contributed by atoms with Gasteiger partial charge in [-0.15, -0.1) is 11.3 Å². The molecule has 4 rings (SSSR count). The highest BCUT2D eigenvalue weighted by atomic mass is 32.1. The fourth-order valence-electron chi connectivity index (χ4n) is 2.67. The van der Waals surface area contributed by atoms with Gasteiger partial charge in [-0.05, 0) is 30.2 Å². The smallest absolute Gasteiger partial charge is 0.213 e. The maximum Gasteiger partial charge on any atom is 0.213 e. The molecule has 0 atom stereocenters. The Balaban J connectivity index is 1.43.